The van der Waals surface area contributed by atoms with E-state index in [4.69, 9.17) is 23.2 Å². The Morgan fingerprint density at radius 2 is 2.20 bits per heavy atom. The number of nitrogens with zero attached hydrogens (tertiary/aromatic N) is 2. The second kappa shape index (κ2) is 6.83. The van der Waals surface area contributed by atoms with Gasteiger partial charge in [-0.25, -0.2) is 0 Å². The van der Waals surface area contributed by atoms with Crippen LogP contribution in [-0.4, -0.2) is 16.1 Å². The van der Waals surface area contributed by atoms with Crippen LogP contribution in [0.3, 0.4) is 0 Å². The number of hydrogen-bond donors (Lipinski definition) is 1. The molecule has 0 saturated heterocycles. The Balaban J connectivity index is 2.04. The molecule has 1 aromatic carbocycles. The molecule has 20 heavy (non-hydrogen) atoms. The van der Waals surface area contributed by atoms with E-state index in [1.807, 2.05) is 6.92 Å². The number of anilines is 1. The maximum atomic E-state index is 11.7. The summed E-state index contributed by atoms with van der Waals surface area (Å²) in [5, 5.41) is 12.7. The summed E-state index contributed by atoms with van der Waals surface area (Å²) in [6.07, 6.45) is 3.78. The van der Waals surface area contributed by atoms with Crippen molar-refractivity contribution in [3.05, 3.63) is 44.9 Å². The van der Waals surface area contributed by atoms with Crippen molar-refractivity contribution in [3.63, 3.8) is 0 Å². The molecule has 1 aromatic heterocycles. The molecule has 2 aromatic rings. The van der Waals surface area contributed by atoms with Gasteiger partial charge in [-0.05, 0) is 24.1 Å². The largest absolute Gasteiger partial charge is 0.297 e. The molecule has 0 unspecified atom stereocenters. The molecule has 0 atom stereocenters. The molecule has 1 N–H and O–H groups in total. The van der Waals surface area contributed by atoms with E-state index in [1.165, 1.54) is 17.4 Å². The Bertz CT molecular complexity index is 655. The Kier molecular flexibility index (Phi) is 5.11. The minimum Gasteiger partial charge on any atom is -0.297 e. The number of hydrogen-bond acceptors (Lipinski definition) is 4. The second-order valence-electron chi connectivity index (χ2n) is 3.82. The first-order valence-electron chi connectivity index (χ1n) is 5.85. The Morgan fingerprint density at radius 3 is 2.90 bits per heavy atom. The minimum atomic E-state index is -0.292. The van der Waals surface area contributed by atoms with Crippen LogP contribution in [0.5, 0.6) is 0 Å². The van der Waals surface area contributed by atoms with Gasteiger partial charge in [-0.1, -0.05) is 53.6 Å². The van der Waals surface area contributed by atoms with Crippen LogP contribution in [-0.2, 0) is 11.2 Å². The van der Waals surface area contributed by atoms with Crippen molar-refractivity contribution >= 4 is 51.7 Å². The molecular weight excluding hydrogens is 317 g/mol. The van der Waals surface area contributed by atoms with Gasteiger partial charge in [-0.3, -0.25) is 10.1 Å². The summed E-state index contributed by atoms with van der Waals surface area (Å²) in [5.74, 6) is -0.292. The van der Waals surface area contributed by atoms with Crippen LogP contribution in [0.15, 0.2) is 24.3 Å². The van der Waals surface area contributed by atoms with E-state index in [2.05, 4.69) is 15.5 Å². The fraction of sp³-hybridized carbons (Fsp3) is 0.154. The summed E-state index contributed by atoms with van der Waals surface area (Å²) in [6.45, 7) is 1.98. The average molecular weight is 328 g/mol. The molecule has 2 rings (SSSR count). The molecule has 0 bridgehead atoms. The van der Waals surface area contributed by atoms with Crippen LogP contribution in [0, 0.1) is 0 Å². The van der Waals surface area contributed by atoms with E-state index in [-0.39, 0.29) is 5.91 Å². The SMILES string of the molecule is CCc1nnc(NC(=O)/C=C/c2cccc(Cl)c2Cl)s1. The first-order chi connectivity index (χ1) is 9.60. The van der Waals surface area contributed by atoms with Crippen molar-refractivity contribution in [1.29, 1.82) is 0 Å². The van der Waals surface area contributed by atoms with Gasteiger partial charge >= 0.3 is 0 Å². The third kappa shape index (κ3) is 3.79. The number of aryl methyl sites for hydroxylation is 1. The van der Waals surface area contributed by atoms with Gasteiger partial charge in [0.25, 0.3) is 0 Å². The van der Waals surface area contributed by atoms with Gasteiger partial charge in [0.2, 0.25) is 11.0 Å². The van der Waals surface area contributed by atoms with Gasteiger partial charge < -0.3 is 0 Å². The number of rotatable bonds is 4. The van der Waals surface area contributed by atoms with Crippen LogP contribution in [0.2, 0.25) is 10.0 Å². The van der Waals surface area contributed by atoms with Crippen molar-refractivity contribution in [2.45, 2.75) is 13.3 Å². The van der Waals surface area contributed by atoms with E-state index in [0.29, 0.717) is 20.7 Å². The number of amides is 1. The number of benzene rings is 1. The normalized spacial score (nSPS) is 10.9. The van der Waals surface area contributed by atoms with Crippen LogP contribution >= 0.6 is 34.5 Å². The molecule has 1 heterocycles. The third-order valence-corrected chi connectivity index (χ3v) is 4.21. The molecule has 104 valence electrons. The molecule has 0 aliphatic rings. The molecule has 0 radical (unpaired) electrons. The Labute approximate surface area is 130 Å². The van der Waals surface area contributed by atoms with E-state index in [9.17, 15) is 4.79 Å². The first kappa shape index (κ1) is 15.0. The number of carbonyl (C=O) groups excluding carboxylic acids is 1. The molecule has 0 aliphatic carbocycles. The highest BCUT2D eigenvalue weighted by Crippen LogP contribution is 2.26. The van der Waals surface area contributed by atoms with Gasteiger partial charge in [-0.15, -0.1) is 10.2 Å². The summed E-state index contributed by atoms with van der Waals surface area (Å²) < 4.78 is 0. The smallest absolute Gasteiger partial charge is 0.250 e. The molecule has 0 fully saturated rings. The monoisotopic (exact) mass is 327 g/mol. The van der Waals surface area contributed by atoms with E-state index in [0.717, 1.165) is 11.4 Å². The van der Waals surface area contributed by atoms with E-state index >= 15 is 0 Å². The average Bonchev–Trinajstić information content (AvgIpc) is 2.88. The highest BCUT2D eigenvalue weighted by Gasteiger charge is 2.05. The second-order valence-corrected chi connectivity index (χ2v) is 5.67. The van der Waals surface area contributed by atoms with E-state index < -0.39 is 0 Å². The topological polar surface area (TPSA) is 54.9 Å². The predicted molar refractivity (Wildman–Crippen MR) is 83.4 cm³/mol. The minimum absolute atomic E-state index is 0.292. The molecule has 7 heteroatoms. The van der Waals surface area contributed by atoms with Gasteiger partial charge in [0.05, 0.1) is 10.0 Å². The van der Waals surface area contributed by atoms with Crippen molar-refractivity contribution in [1.82, 2.24) is 10.2 Å². The van der Waals surface area contributed by atoms with Crippen LogP contribution in [0.4, 0.5) is 5.13 Å². The van der Waals surface area contributed by atoms with Gasteiger partial charge in [-0.2, -0.15) is 0 Å². The highest BCUT2D eigenvalue weighted by molar-refractivity contribution is 7.15. The summed E-state index contributed by atoms with van der Waals surface area (Å²) in [6, 6.07) is 5.23. The lowest BCUT2D eigenvalue weighted by Gasteiger charge is -2.00. The fourth-order valence-corrected chi connectivity index (χ4v) is 2.46. The summed E-state index contributed by atoms with van der Waals surface area (Å²) in [7, 11) is 0. The number of aromatic nitrogens is 2. The molecule has 0 aliphatic heterocycles. The van der Waals surface area contributed by atoms with Crippen LogP contribution < -0.4 is 5.32 Å². The molecule has 0 spiro atoms. The van der Waals surface area contributed by atoms with Crippen molar-refractivity contribution < 1.29 is 4.79 Å². The number of nitrogens with one attached hydrogen (secondary N) is 1. The van der Waals surface area contributed by atoms with Gasteiger partial charge in [0, 0.05) is 6.08 Å². The zero-order valence-electron chi connectivity index (χ0n) is 10.6. The predicted octanol–water partition coefficient (Wildman–Crippen LogP) is 4.06. The Hall–Kier alpha value is -1.43. The van der Waals surface area contributed by atoms with E-state index in [1.54, 1.807) is 24.3 Å². The Morgan fingerprint density at radius 1 is 1.40 bits per heavy atom. The zero-order chi connectivity index (χ0) is 14.5. The van der Waals surface area contributed by atoms with Crippen LogP contribution in [0.25, 0.3) is 6.08 Å². The fourth-order valence-electron chi connectivity index (χ4n) is 1.41. The number of halogens is 2. The molecule has 4 nitrogen and oxygen atoms in total. The van der Waals surface area contributed by atoms with Gasteiger partial charge in [0.15, 0.2) is 0 Å². The quantitative estimate of drug-likeness (QED) is 0.861. The number of carbonyl (C=O) groups is 1. The summed E-state index contributed by atoms with van der Waals surface area (Å²) >= 11 is 13.3. The van der Waals surface area contributed by atoms with Gasteiger partial charge in [0.1, 0.15) is 5.01 Å². The molecule has 0 saturated carbocycles. The maximum absolute atomic E-state index is 11.7. The summed E-state index contributed by atoms with van der Waals surface area (Å²) in [5.41, 5.74) is 0.681. The lowest BCUT2D eigenvalue weighted by molar-refractivity contribution is -0.111. The van der Waals surface area contributed by atoms with Crippen LogP contribution in [0.1, 0.15) is 17.5 Å². The summed E-state index contributed by atoms with van der Waals surface area (Å²) in [4.78, 5) is 11.7. The van der Waals surface area contributed by atoms with Crippen molar-refractivity contribution in [2.24, 2.45) is 0 Å². The first-order valence-corrected chi connectivity index (χ1v) is 7.43. The van der Waals surface area contributed by atoms with Crippen molar-refractivity contribution in [3.8, 4) is 0 Å². The third-order valence-electron chi connectivity index (χ3n) is 2.40. The lowest BCUT2D eigenvalue weighted by atomic mass is 10.2. The zero-order valence-corrected chi connectivity index (χ0v) is 12.9. The molecule has 1 amide bonds. The molecular formula is C13H11Cl2N3OS. The standard InChI is InChI=1S/C13H11Cl2N3OS/c1-2-11-17-18-13(20-11)16-10(19)7-6-8-4-3-5-9(14)12(8)15/h3-7H,2H2,1H3,(H,16,18,19)/b7-6+. The lowest BCUT2D eigenvalue weighted by Crippen LogP contribution is -2.07. The highest BCUT2D eigenvalue weighted by atomic mass is 35.5. The van der Waals surface area contributed by atoms with Crippen molar-refractivity contribution in [2.75, 3.05) is 5.32 Å². The maximum Gasteiger partial charge on any atom is 0.250 e.